The van der Waals surface area contributed by atoms with Crippen LogP contribution in [0.4, 0.5) is 0 Å². The Morgan fingerprint density at radius 1 is 1.25 bits per heavy atom. The van der Waals surface area contributed by atoms with Crippen molar-refractivity contribution in [1.82, 2.24) is 4.90 Å². The standard InChI is InChI=1S/C24H33Cl2NO3SSi/c1-16(25)15-29-23(31)20(17(2)18-11-9-8-10-12-18)27-21(26)19(22(27)28)13-14-30-32(6,7)24(3,4)5/h8-12,19,21H,1,13-15H2,2-7H3/b20-17+/t19-,21+/m1/s1. The lowest BCUT2D eigenvalue weighted by Crippen LogP contribution is -2.59. The number of halogens is 2. The van der Waals surface area contributed by atoms with Crippen LogP contribution in [0.3, 0.4) is 0 Å². The number of alkyl halides is 1. The number of rotatable bonds is 9. The van der Waals surface area contributed by atoms with Gasteiger partial charge in [-0.15, -0.1) is 0 Å². The number of hydrogen-bond donors (Lipinski definition) is 0. The van der Waals surface area contributed by atoms with E-state index in [0.29, 0.717) is 23.8 Å². The van der Waals surface area contributed by atoms with E-state index < -0.39 is 13.8 Å². The zero-order valence-electron chi connectivity index (χ0n) is 19.7. The van der Waals surface area contributed by atoms with Gasteiger partial charge in [-0.3, -0.25) is 9.69 Å². The average Bonchev–Trinajstić information content (AvgIpc) is 2.72. The number of benzene rings is 1. The van der Waals surface area contributed by atoms with Gasteiger partial charge in [-0.1, -0.05) is 80.9 Å². The highest BCUT2D eigenvalue weighted by Crippen LogP contribution is 2.40. The minimum absolute atomic E-state index is 0.0602. The molecule has 1 heterocycles. The average molecular weight is 515 g/mol. The summed E-state index contributed by atoms with van der Waals surface area (Å²) in [7, 11) is -1.88. The normalized spacial score (nSPS) is 19.9. The summed E-state index contributed by atoms with van der Waals surface area (Å²) in [5.41, 5.74) is 1.71. The highest BCUT2D eigenvalue weighted by atomic mass is 35.5. The van der Waals surface area contributed by atoms with Gasteiger partial charge in [0.05, 0.1) is 5.92 Å². The van der Waals surface area contributed by atoms with Crippen LogP contribution in [0.15, 0.2) is 47.6 Å². The van der Waals surface area contributed by atoms with Gasteiger partial charge in [-0.05, 0) is 54.8 Å². The molecule has 0 aromatic heterocycles. The second-order valence-corrected chi connectivity index (χ2v) is 15.7. The zero-order valence-corrected chi connectivity index (χ0v) is 23.0. The van der Waals surface area contributed by atoms with Gasteiger partial charge < -0.3 is 9.16 Å². The van der Waals surface area contributed by atoms with Crippen molar-refractivity contribution in [3.8, 4) is 0 Å². The molecule has 8 heteroatoms. The molecule has 0 radical (unpaired) electrons. The van der Waals surface area contributed by atoms with Gasteiger partial charge in [0, 0.05) is 11.6 Å². The van der Waals surface area contributed by atoms with Crippen LogP contribution in [0.1, 0.15) is 39.7 Å². The molecule has 0 unspecified atom stereocenters. The number of likely N-dealkylation sites (tertiary alicyclic amines) is 1. The van der Waals surface area contributed by atoms with Crippen molar-refractivity contribution in [3.05, 3.63) is 53.2 Å². The number of carbonyl (C=O) groups is 1. The summed E-state index contributed by atoms with van der Waals surface area (Å²) in [6.07, 6.45) is 0.569. The van der Waals surface area contributed by atoms with Crippen molar-refractivity contribution in [3.63, 3.8) is 0 Å². The molecule has 32 heavy (non-hydrogen) atoms. The number of allylic oxidation sites excluding steroid dienone is 1. The van der Waals surface area contributed by atoms with Gasteiger partial charge in [-0.2, -0.15) is 0 Å². The van der Waals surface area contributed by atoms with Crippen LogP contribution >= 0.6 is 35.4 Å². The van der Waals surface area contributed by atoms with Crippen molar-refractivity contribution >= 4 is 60.3 Å². The quantitative estimate of drug-likeness (QED) is 0.0893. The van der Waals surface area contributed by atoms with Crippen molar-refractivity contribution in [2.75, 3.05) is 13.2 Å². The van der Waals surface area contributed by atoms with E-state index in [9.17, 15) is 4.79 Å². The molecular formula is C24H33Cl2NO3SSi. The first-order valence-corrected chi connectivity index (χ1v) is 14.8. The highest BCUT2D eigenvalue weighted by molar-refractivity contribution is 7.80. The lowest BCUT2D eigenvalue weighted by molar-refractivity contribution is -0.147. The first-order valence-electron chi connectivity index (χ1n) is 10.7. The van der Waals surface area contributed by atoms with Gasteiger partial charge in [-0.25, -0.2) is 0 Å². The van der Waals surface area contributed by atoms with Crippen molar-refractivity contribution in [2.45, 2.75) is 57.7 Å². The molecule has 0 spiro atoms. The third kappa shape index (κ3) is 6.23. The second kappa shape index (κ2) is 10.8. The topological polar surface area (TPSA) is 38.8 Å². The molecule has 1 aliphatic heterocycles. The summed E-state index contributed by atoms with van der Waals surface area (Å²) in [5, 5.41) is 0.604. The maximum Gasteiger partial charge on any atom is 0.234 e. The summed E-state index contributed by atoms with van der Waals surface area (Å²) in [5.74, 6) is -0.407. The number of hydrogen-bond acceptors (Lipinski definition) is 4. The van der Waals surface area contributed by atoms with E-state index in [1.54, 1.807) is 0 Å². The summed E-state index contributed by atoms with van der Waals surface area (Å²) >= 11 is 18.1. The van der Waals surface area contributed by atoms with E-state index in [4.69, 9.17) is 44.6 Å². The molecule has 0 bridgehead atoms. The summed E-state index contributed by atoms with van der Waals surface area (Å²) in [4.78, 5) is 14.7. The van der Waals surface area contributed by atoms with Crippen molar-refractivity contribution in [1.29, 1.82) is 0 Å². The Morgan fingerprint density at radius 3 is 2.34 bits per heavy atom. The number of nitrogens with zero attached hydrogens (tertiary/aromatic N) is 1. The predicted octanol–water partition coefficient (Wildman–Crippen LogP) is 6.95. The van der Waals surface area contributed by atoms with E-state index in [1.807, 2.05) is 37.3 Å². The van der Waals surface area contributed by atoms with E-state index in [-0.39, 0.29) is 28.5 Å². The SMILES string of the molecule is C=C(Cl)COC(=S)/C(=C(/C)c1ccccc1)N1C(=O)[C@H](CCO[Si](C)(C)C(C)(C)C)[C@H]1Cl. The van der Waals surface area contributed by atoms with E-state index in [2.05, 4.69) is 40.4 Å². The minimum atomic E-state index is -1.88. The van der Waals surface area contributed by atoms with Crippen LogP contribution in [0.25, 0.3) is 5.57 Å². The van der Waals surface area contributed by atoms with Crippen LogP contribution in [0.5, 0.6) is 0 Å². The molecule has 1 aliphatic rings. The first kappa shape index (κ1) is 27.1. The molecule has 1 aromatic rings. The fourth-order valence-electron chi connectivity index (χ4n) is 3.14. The van der Waals surface area contributed by atoms with Crippen LogP contribution in [0, 0.1) is 5.92 Å². The molecule has 4 nitrogen and oxygen atoms in total. The van der Waals surface area contributed by atoms with Crippen LogP contribution in [0.2, 0.25) is 18.1 Å². The lowest BCUT2D eigenvalue weighted by Gasteiger charge is -2.45. The van der Waals surface area contributed by atoms with Gasteiger partial charge in [0.15, 0.2) is 8.32 Å². The molecule has 0 aliphatic carbocycles. The molecule has 2 atom stereocenters. The van der Waals surface area contributed by atoms with Crippen LogP contribution in [-0.2, 0) is 14.0 Å². The molecule has 0 N–H and O–H groups in total. The van der Waals surface area contributed by atoms with E-state index >= 15 is 0 Å². The summed E-state index contributed by atoms with van der Waals surface area (Å²) in [6, 6.07) is 9.70. The zero-order chi connectivity index (χ0) is 24.3. The Kier molecular flexibility index (Phi) is 9.16. The fraction of sp³-hybridized carbons (Fsp3) is 0.500. The summed E-state index contributed by atoms with van der Waals surface area (Å²) < 4.78 is 11.9. The molecule has 0 saturated carbocycles. The minimum Gasteiger partial charge on any atom is -0.476 e. The maximum absolute atomic E-state index is 13.1. The molecule has 1 fully saturated rings. The third-order valence-electron chi connectivity index (χ3n) is 6.19. The van der Waals surface area contributed by atoms with Crippen LogP contribution < -0.4 is 0 Å². The molecule has 1 aromatic carbocycles. The van der Waals surface area contributed by atoms with Gasteiger partial charge in [0.2, 0.25) is 11.0 Å². The van der Waals surface area contributed by atoms with Crippen molar-refractivity contribution in [2.24, 2.45) is 5.92 Å². The number of β-lactam (4-membered cyclic amide) rings is 1. The van der Waals surface area contributed by atoms with Gasteiger partial charge in [0.25, 0.3) is 0 Å². The Labute approximate surface area is 208 Å². The Balaban J connectivity index is 2.20. The number of carbonyl (C=O) groups excluding carboxylic acids is 1. The van der Waals surface area contributed by atoms with E-state index in [1.165, 1.54) is 4.90 Å². The van der Waals surface area contributed by atoms with Crippen LogP contribution in [-0.4, -0.2) is 42.9 Å². The molecular weight excluding hydrogens is 481 g/mol. The number of thiocarbonyl (C=S) groups is 1. The number of ether oxygens (including phenoxy) is 1. The molecule has 2 rings (SSSR count). The Morgan fingerprint density at radius 2 is 1.84 bits per heavy atom. The van der Waals surface area contributed by atoms with Crippen molar-refractivity contribution < 1.29 is 14.0 Å². The monoisotopic (exact) mass is 513 g/mol. The largest absolute Gasteiger partial charge is 0.476 e. The predicted molar refractivity (Wildman–Crippen MR) is 140 cm³/mol. The third-order valence-corrected chi connectivity index (χ3v) is 11.6. The first-order chi connectivity index (χ1) is 14.8. The smallest absolute Gasteiger partial charge is 0.234 e. The maximum atomic E-state index is 13.1. The lowest BCUT2D eigenvalue weighted by atomic mass is 9.92. The number of amides is 1. The highest BCUT2D eigenvalue weighted by Gasteiger charge is 2.49. The summed E-state index contributed by atoms with van der Waals surface area (Å²) in [6.45, 7) is 17.1. The van der Waals surface area contributed by atoms with E-state index in [0.717, 1.165) is 11.1 Å². The van der Waals surface area contributed by atoms with Gasteiger partial charge >= 0.3 is 0 Å². The molecule has 1 saturated heterocycles. The molecule has 1 amide bonds. The Hall–Kier alpha value is -1.18. The Bertz CT molecular complexity index is 896. The molecule has 176 valence electrons. The fourth-order valence-corrected chi connectivity index (χ4v) is 4.99. The second-order valence-electron chi connectivity index (χ2n) is 9.52. The van der Waals surface area contributed by atoms with Gasteiger partial charge in [0.1, 0.15) is 17.8 Å².